The van der Waals surface area contributed by atoms with E-state index in [0.717, 1.165) is 11.3 Å². The lowest BCUT2D eigenvalue weighted by molar-refractivity contribution is -0.139. The van der Waals surface area contributed by atoms with E-state index >= 15 is 0 Å². The Morgan fingerprint density at radius 3 is 2.69 bits per heavy atom. The molecule has 0 spiro atoms. The van der Waals surface area contributed by atoms with E-state index < -0.39 is 0 Å². The topological polar surface area (TPSA) is 29.5 Å². The highest BCUT2D eigenvalue weighted by atomic mass is 16.5. The van der Waals surface area contributed by atoms with Gasteiger partial charge in [-0.2, -0.15) is 0 Å². The number of rotatable bonds is 2. The van der Waals surface area contributed by atoms with Gasteiger partial charge in [-0.3, -0.25) is 4.79 Å². The summed E-state index contributed by atoms with van der Waals surface area (Å²) >= 11 is 0. The molecule has 1 rings (SSSR count). The Balaban J connectivity index is 2.84. The second-order valence-corrected chi connectivity index (χ2v) is 3.47. The average molecular weight is 217 g/mol. The van der Waals surface area contributed by atoms with Gasteiger partial charge in [-0.05, 0) is 12.1 Å². The molecule has 0 amide bonds. The molecule has 0 saturated heterocycles. The van der Waals surface area contributed by atoms with Gasteiger partial charge in [-0.15, -0.1) is 0 Å². The van der Waals surface area contributed by atoms with Crippen molar-refractivity contribution in [3.05, 3.63) is 29.8 Å². The molecule has 3 heteroatoms. The van der Waals surface area contributed by atoms with E-state index in [1.807, 2.05) is 43.3 Å². The first kappa shape index (κ1) is 12.1. The Hall–Kier alpha value is -1.95. The van der Waals surface area contributed by atoms with Crippen molar-refractivity contribution in [3.63, 3.8) is 0 Å². The van der Waals surface area contributed by atoms with Gasteiger partial charge in [0.15, 0.2) is 0 Å². The summed E-state index contributed by atoms with van der Waals surface area (Å²) in [6.07, 6.45) is 0.123. The molecule has 16 heavy (non-hydrogen) atoms. The highest BCUT2D eigenvalue weighted by Crippen LogP contribution is 2.16. The summed E-state index contributed by atoms with van der Waals surface area (Å²) in [4.78, 5) is 12.9. The average Bonchev–Trinajstić information content (AvgIpc) is 2.29. The third-order valence-corrected chi connectivity index (χ3v) is 2.07. The maximum absolute atomic E-state index is 10.9. The molecule has 0 unspecified atom stereocenters. The summed E-state index contributed by atoms with van der Waals surface area (Å²) in [5.74, 6) is 5.45. The standard InChI is InChI=1S/C13H15NO2/c1-14(2)12-9-5-4-7-11(12)8-6-10-13(15)16-3/h4-5,7,9H,10H2,1-3H3. The first-order chi connectivity index (χ1) is 7.65. The zero-order valence-corrected chi connectivity index (χ0v) is 9.78. The molecular weight excluding hydrogens is 202 g/mol. The van der Waals surface area contributed by atoms with Crippen LogP contribution in [0.25, 0.3) is 0 Å². The number of hydrogen-bond donors (Lipinski definition) is 0. The molecule has 0 aliphatic heterocycles. The molecule has 84 valence electrons. The smallest absolute Gasteiger partial charge is 0.317 e. The Morgan fingerprint density at radius 2 is 2.06 bits per heavy atom. The molecular formula is C13H15NO2. The Labute approximate surface area is 96.0 Å². The number of carbonyl (C=O) groups is 1. The first-order valence-corrected chi connectivity index (χ1v) is 4.97. The van der Waals surface area contributed by atoms with E-state index in [-0.39, 0.29) is 12.4 Å². The van der Waals surface area contributed by atoms with Crippen LogP contribution in [0.3, 0.4) is 0 Å². The van der Waals surface area contributed by atoms with Crippen LogP contribution in [0.4, 0.5) is 5.69 Å². The van der Waals surface area contributed by atoms with Crippen LogP contribution in [0.2, 0.25) is 0 Å². The lowest BCUT2D eigenvalue weighted by atomic mass is 10.1. The van der Waals surface area contributed by atoms with Crippen molar-refractivity contribution in [2.75, 3.05) is 26.1 Å². The first-order valence-electron chi connectivity index (χ1n) is 4.97. The van der Waals surface area contributed by atoms with Crippen molar-refractivity contribution < 1.29 is 9.53 Å². The highest BCUT2D eigenvalue weighted by Gasteiger charge is 2.00. The molecule has 0 aromatic heterocycles. The van der Waals surface area contributed by atoms with Crippen LogP contribution in [0.15, 0.2) is 24.3 Å². The van der Waals surface area contributed by atoms with Gasteiger partial charge in [0.2, 0.25) is 0 Å². The molecule has 0 radical (unpaired) electrons. The minimum Gasteiger partial charge on any atom is -0.468 e. The normalized spacial score (nSPS) is 8.94. The number of benzene rings is 1. The van der Waals surface area contributed by atoms with Gasteiger partial charge in [-0.1, -0.05) is 24.0 Å². The van der Waals surface area contributed by atoms with Crippen molar-refractivity contribution in [2.24, 2.45) is 0 Å². The van der Waals surface area contributed by atoms with Crippen molar-refractivity contribution in [1.82, 2.24) is 0 Å². The zero-order valence-electron chi connectivity index (χ0n) is 9.78. The molecule has 0 fully saturated rings. The summed E-state index contributed by atoms with van der Waals surface area (Å²) in [6.45, 7) is 0. The fourth-order valence-electron chi connectivity index (χ4n) is 1.25. The van der Waals surface area contributed by atoms with Gasteiger partial charge in [0.1, 0.15) is 6.42 Å². The van der Waals surface area contributed by atoms with E-state index in [9.17, 15) is 4.79 Å². The quantitative estimate of drug-likeness (QED) is 0.557. The van der Waals surface area contributed by atoms with Crippen LogP contribution in [-0.2, 0) is 9.53 Å². The SMILES string of the molecule is COC(=O)CC#Cc1ccccc1N(C)C. The van der Waals surface area contributed by atoms with E-state index in [1.165, 1.54) is 7.11 Å². The van der Waals surface area contributed by atoms with Gasteiger partial charge < -0.3 is 9.64 Å². The lowest BCUT2D eigenvalue weighted by Crippen LogP contribution is -2.10. The summed E-state index contributed by atoms with van der Waals surface area (Å²) < 4.78 is 4.51. The predicted octanol–water partition coefficient (Wildman–Crippen LogP) is 1.67. The Bertz CT molecular complexity index is 427. The second-order valence-electron chi connectivity index (χ2n) is 3.47. The number of nitrogens with zero attached hydrogens (tertiary/aromatic N) is 1. The van der Waals surface area contributed by atoms with Crippen LogP contribution < -0.4 is 4.90 Å². The molecule has 0 aliphatic rings. The molecule has 0 heterocycles. The fraction of sp³-hybridized carbons (Fsp3) is 0.308. The van der Waals surface area contributed by atoms with Gasteiger partial charge in [0.25, 0.3) is 0 Å². The van der Waals surface area contributed by atoms with Crippen LogP contribution in [0, 0.1) is 11.8 Å². The number of esters is 1. The summed E-state index contributed by atoms with van der Waals surface area (Å²) in [5.41, 5.74) is 1.95. The van der Waals surface area contributed by atoms with E-state index in [2.05, 4.69) is 16.6 Å². The maximum atomic E-state index is 10.9. The summed E-state index contributed by atoms with van der Waals surface area (Å²) in [7, 11) is 5.28. The molecule has 1 aromatic carbocycles. The van der Waals surface area contributed by atoms with Gasteiger partial charge in [0, 0.05) is 19.7 Å². The zero-order chi connectivity index (χ0) is 12.0. The summed E-state index contributed by atoms with van der Waals surface area (Å²) in [5, 5.41) is 0. The second kappa shape index (κ2) is 5.82. The van der Waals surface area contributed by atoms with Crippen LogP contribution in [0.5, 0.6) is 0 Å². The van der Waals surface area contributed by atoms with Crippen molar-refractivity contribution in [3.8, 4) is 11.8 Å². The van der Waals surface area contributed by atoms with Gasteiger partial charge in [0.05, 0.1) is 12.8 Å². The Kier molecular flexibility index (Phi) is 4.41. The summed E-state index contributed by atoms with van der Waals surface area (Å²) in [6, 6.07) is 7.80. The van der Waals surface area contributed by atoms with Crippen LogP contribution in [-0.4, -0.2) is 27.2 Å². The largest absolute Gasteiger partial charge is 0.468 e. The van der Waals surface area contributed by atoms with Gasteiger partial charge >= 0.3 is 5.97 Å². The van der Waals surface area contributed by atoms with E-state index in [0.29, 0.717) is 0 Å². The highest BCUT2D eigenvalue weighted by molar-refractivity contribution is 5.72. The van der Waals surface area contributed by atoms with E-state index in [1.54, 1.807) is 0 Å². The molecule has 1 aromatic rings. The number of hydrogen-bond acceptors (Lipinski definition) is 3. The lowest BCUT2D eigenvalue weighted by Gasteiger charge is -2.13. The van der Waals surface area contributed by atoms with Crippen LogP contribution >= 0.6 is 0 Å². The third-order valence-electron chi connectivity index (χ3n) is 2.07. The Morgan fingerprint density at radius 1 is 1.38 bits per heavy atom. The number of methoxy groups -OCH3 is 1. The monoisotopic (exact) mass is 217 g/mol. The molecule has 0 saturated carbocycles. The third kappa shape index (κ3) is 3.32. The van der Waals surface area contributed by atoms with Gasteiger partial charge in [-0.25, -0.2) is 0 Å². The van der Waals surface area contributed by atoms with Crippen molar-refractivity contribution in [2.45, 2.75) is 6.42 Å². The minimum absolute atomic E-state index is 0.123. The predicted molar refractivity (Wildman–Crippen MR) is 64.3 cm³/mol. The fourth-order valence-corrected chi connectivity index (χ4v) is 1.25. The number of ether oxygens (including phenoxy) is 1. The number of para-hydroxylation sites is 1. The number of carbonyl (C=O) groups excluding carboxylic acids is 1. The van der Waals surface area contributed by atoms with Crippen LogP contribution in [0.1, 0.15) is 12.0 Å². The molecule has 3 nitrogen and oxygen atoms in total. The van der Waals surface area contributed by atoms with Crippen molar-refractivity contribution >= 4 is 11.7 Å². The molecule has 0 bridgehead atoms. The maximum Gasteiger partial charge on any atom is 0.317 e. The van der Waals surface area contributed by atoms with E-state index in [4.69, 9.17) is 0 Å². The van der Waals surface area contributed by atoms with Crippen molar-refractivity contribution in [1.29, 1.82) is 0 Å². The molecule has 0 N–H and O–H groups in total. The molecule has 0 aliphatic carbocycles. The molecule has 0 atom stereocenters. The number of anilines is 1. The minimum atomic E-state index is -0.310.